The monoisotopic (exact) mass is 499 g/mol. The van der Waals surface area contributed by atoms with E-state index in [9.17, 15) is 14.4 Å². The normalized spacial score (nSPS) is 13.5. The molecule has 0 unspecified atom stereocenters. The summed E-state index contributed by atoms with van der Waals surface area (Å²) in [4.78, 5) is 39.2. The molecular formula is C24H16Cl3N3O3. The van der Waals surface area contributed by atoms with Crippen LogP contribution in [0.1, 0.15) is 15.9 Å². The molecule has 1 heterocycles. The van der Waals surface area contributed by atoms with Crippen LogP contribution in [0.25, 0.3) is 0 Å². The fourth-order valence-electron chi connectivity index (χ4n) is 3.19. The summed E-state index contributed by atoms with van der Waals surface area (Å²) < 4.78 is 0. The maximum atomic E-state index is 13.0. The predicted octanol–water partition coefficient (Wildman–Crippen LogP) is 5.99. The molecular weight excluding hydrogens is 485 g/mol. The number of amides is 3. The summed E-state index contributed by atoms with van der Waals surface area (Å²) in [5, 5.41) is 6.35. The van der Waals surface area contributed by atoms with Crippen molar-refractivity contribution in [3.8, 4) is 0 Å². The Labute approximate surface area is 204 Å². The summed E-state index contributed by atoms with van der Waals surface area (Å²) in [5.41, 5.74) is 2.37. The molecule has 166 valence electrons. The lowest BCUT2D eigenvalue weighted by atomic mass is 10.1. The molecule has 6 nitrogen and oxygen atoms in total. The number of nitrogens with zero attached hydrogens (tertiary/aromatic N) is 1. The van der Waals surface area contributed by atoms with Crippen LogP contribution in [0.5, 0.6) is 0 Å². The van der Waals surface area contributed by atoms with Crippen LogP contribution in [0, 0.1) is 6.92 Å². The molecule has 2 N–H and O–H groups in total. The number of hydrogen-bond acceptors (Lipinski definition) is 4. The first-order valence-corrected chi connectivity index (χ1v) is 10.9. The Hall–Kier alpha value is -3.32. The topological polar surface area (TPSA) is 78.5 Å². The van der Waals surface area contributed by atoms with Crippen LogP contribution in [-0.2, 0) is 9.59 Å². The Morgan fingerprint density at radius 3 is 2.27 bits per heavy atom. The molecule has 0 saturated carbocycles. The molecule has 0 fully saturated rings. The van der Waals surface area contributed by atoms with E-state index in [1.54, 1.807) is 60.7 Å². The zero-order chi connectivity index (χ0) is 23.7. The summed E-state index contributed by atoms with van der Waals surface area (Å²) in [6.07, 6.45) is 0. The number of carbonyl (C=O) groups excluding carboxylic acids is 3. The third kappa shape index (κ3) is 4.73. The third-order valence-electron chi connectivity index (χ3n) is 4.94. The molecule has 0 aromatic heterocycles. The van der Waals surface area contributed by atoms with Crippen molar-refractivity contribution in [2.75, 3.05) is 15.5 Å². The highest BCUT2D eigenvalue weighted by Gasteiger charge is 2.39. The minimum absolute atomic E-state index is 0.0892. The number of nitrogens with one attached hydrogen (secondary N) is 2. The van der Waals surface area contributed by atoms with E-state index < -0.39 is 11.8 Å². The Morgan fingerprint density at radius 2 is 1.58 bits per heavy atom. The molecule has 3 aromatic rings. The van der Waals surface area contributed by atoms with Crippen LogP contribution < -0.4 is 15.5 Å². The lowest BCUT2D eigenvalue weighted by molar-refractivity contribution is -0.120. The maximum absolute atomic E-state index is 13.0. The standard InChI is InChI=1S/C24H16Cl3N3O3/c1-13-5-10-18(12-19(13)26)30-23(32)20(27)21(24(30)33)28-17-4-2-3-14(11-17)22(31)29-16-8-6-15(25)7-9-16/h2-12,28H,1H3,(H,29,31). The molecule has 0 atom stereocenters. The van der Waals surface area contributed by atoms with E-state index in [1.807, 2.05) is 6.92 Å². The number of hydrogen-bond donors (Lipinski definition) is 2. The van der Waals surface area contributed by atoms with E-state index >= 15 is 0 Å². The van der Waals surface area contributed by atoms with Crippen molar-refractivity contribution in [3.63, 3.8) is 0 Å². The number of rotatable bonds is 5. The largest absolute Gasteiger partial charge is 0.350 e. The predicted molar refractivity (Wildman–Crippen MR) is 131 cm³/mol. The molecule has 0 radical (unpaired) electrons. The Kier molecular flexibility index (Phi) is 6.42. The average molecular weight is 501 g/mol. The average Bonchev–Trinajstić information content (AvgIpc) is 3.00. The van der Waals surface area contributed by atoms with Crippen LogP contribution in [0.15, 0.2) is 77.5 Å². The molecule has 9 heteroatoms. The van der Waals surface area contributed by atoms with E-state index in [1.165, 1.54) is 6.07 Å². The van der Waals surface area contributed by atoms with Gasteiger partial charge < -0.3 is 10.6 Å². The van der Waals surface area contributed by atoms with Crippen molar-refractivity contribution in [2.45, 2.75) is 6.92 Å². The second-order valence-electron chi connectivity index (χ2n) is 7.24. The number of benzene rings is 3. The van der Waals surface area contributed by atoms with Gasteiger partial charge in [0.05, 0.1) is 5.69 Å². The molecule has 3 aromatic carbocycles. The van der Waals surface area contributed by atoms with Gasteiger partial charge in [-0.3, -0.25) is 14.4 Å². The van der Waals surface area contributed by atoms with Crippen LogP contribution in [0.4, 0.5) is 17.1 Å². The number of anilines is 3. The fourth-order valence-corrected chi connectivity index (χ4v) is 3.70. The van der Waals surface area contributed by atoms with Crippen LogP contribution in [0.2, 0.25) is 10.0 Å². The number of aryl methyl sites for hydroxylation is 1. The molecule has 1 aliphatic heterocycles. The van der Waals surface area contributed by atoms with Crippen molar-refractivity contribution in [2.24, 2.45) is 0 Å². The first kappa shape index (κ1) is 22.9. The first-order valence-electron chi connectivity index (χ1n) is 9.73. The number of imide groups is 1. The molecule has 0 saturated heterocycles. The lowest BCUT2D eigenvalue weighted by Gasteiger charge is -2.16. The van der Waals surface area contributed by atoms with Gasteiger partial charge in [0.15, 0.2) is 0 Å². The van der Waals surface area contributed by atoms with Gasteiger partial charge in [-0.2, -0.15) is 0 Å². The fraction of sp³-hybridized carbons (Fsp3) is 0.0417. The minimum Gasteiger partial charge on any atom is -0.350 e. The van der Waals surface area contributed by atoms with Gasteiger partial charge in [-0.15, -0.1) is 0 Å². The highest BCUT2D eigenvalue weighted by atomic mass is 35.5. The summed E-state index contributed by atoms with van der Waals surface area (Å²) in [6, 6.07) is 18.0. The van der Waals surface area contributed by atoms with E-state index in [-0.39, 0.29) is 16.6 Å². The number of carbonyl (C=O) groups is 3. The minimum atomic E-state index is -0.666. The zero-order valence-corrected chi connectivity index (χ0v) is 19.4. The van der Waals surface area contributed by atoms with E-state index in [4.69, 9.17) is 34.8 Å². The van der Waals surface area contributed by atoms with Crippen LogP contribution in [-0.4, -0.2) is 17.7 Å². The second kappa shape index (κ2) is 9.27. The van der Waals surface area contributed by atoms with Gasteiger partial charge in [0.1, 0.15) is 10.7 Å². The quantitative estimate of drug-likeness (QED) is 0.422. The third-order valence-corrected chi connectivity index (χ3v) is 5.95. The van der Waals surface area contributed by atoms with Gasteiger partial charge in [-0.1, -0.05) is 46.9 Å². The summed E-state index contributed by atoms with van der Waals surface area (Å²) in [7, 11) is 0. The lowest BCUT2D eigenvalue weighted by Crippen LogP contribution is -2.32. The van der Waals surface area contributed by atoms with Gasteiger partial charge in [0.2, 0.25) is 0 Å². The molecule has 0 bridgehead atoms. The summed E-state index contributed by atoms with van der Waals surface area (Å²) >= 11 is 18.2. The maximum Gasteiger partial charge on any atom is 0.283 e. The first-order chi connectivity index (χ1) is 15.7. The van der Waals surface area contributed by atoms with Crippen molar-refractivity contribution in [1.82, 2.24) is 0 Å². The highest BCUT2D eigenvalue weighted by molar-refractivity contribution is 6.53. The van der Waals surface area contributed by atoms with Crippen molar-refractivity contribution >= 4 is 69.6 Å². The van der Waals surface area contributed by atoms with Gasteiger partial charge in [-0.05, 0) is 67.1 Å². The van der Waals surface area contributed by atoms with E-state index in [0.717, 1.165) is 10.5 Å². The van der Waals surface area contributed by atoms with Crippen molar-refractivity contribution < 1.29 is 14.4 Å². The van der Waals surface area contributed by atoms with Crippen LogP contribution >= 0.6 is 34.8 Å². The Balaban J connectivity index is 1.54. The molecule has 1 aliphatic rings. The van der Waals surface area contributed by atoms with Crippen molar-refractivity contribution in [3.05, 3.63) is 98.6 Å². The van der Waals surface area contributed by atoms with Gasteiger partial charge in [0, 0.05) is 27.0 Å². The number of halogens is 3. The Morgan fingerprint density at radius 1 is 0.848 bits per heavy atom. The molecule has 33 heavy (non-hydrogen) atoms. The van der Waals surface area contributed by atoms with E-state index in [0.29, 0.717) is 32.7 Å². The molecule has 0 spiro atoms. The molecule has 0 aliphatic carbocycles. The van der Waals surface area contributed by atoms with E-state index in [2.05, 4.69) is 10.6 Å². The highest BCUT2D eigenvalue weighted by Crippen LogP contribution is 2.32. The van der Waals surface area contributed by atoms with Gasteiger partial charge in [0.25, 0.3) is 17.7 Å². The smallest absolute Gasteiger partial charge is 0.283 e. The van der Waals surface area contributed by atoms with Gasteiger partial charge >= 0.3 is 0 Å². The zero-order valence-electron chi connectivity index (χ0n) is 17.2. The van der Waals surface area contributed by atoms with Crippen LogP contribution in [0.3, 0.4) is 0 Å². The SMILES string of the molecule is Cc1ccc(N2C(=O)C(Cl)=C(Nc3cccc(C(=O)Nc4ccc(Cl)cc4)c3)C2=O)cc1Cl. The van der Waals surface area contributed by atoms with Crippen molar-refractivity contribution in [1.29, 1.82) is 0 Å². The summed E-state index contributed by atoms with van der Waals surface area (Å²) in [5.74, 6) is -1.65. The molecule has 3 amide bonds. The summed E-state index contributed by atoms with van der Waals surface area (Å²) in [6.45, 7) is 1.81. The van der Waals surface area contributed by atoms with Gasteiger partial charge in [-0.25, -0.2) is 4.90 Å². The second-order valence-corrected chi connectivity index (χ2v) is 8.46. The Bertz CT molecular complexity index is 1320. The molecule has 4 rings (SSSR count).